The quantitative estimate of drug-likeness (QED) is 0.845. The van der Waals surface area contributed by atoms with Crippen molar-refractivity contribution in [2.75, 3.05) is 0 Å². The van der Waals surface area contributed by atoms with Gasteiger partial charge in [-0.25, -0.2) is 9.18 Å². The molecular weight excluding hydrogens is 371 g/mol. The average Bonchev–Trinajstić information content (AvgIpc) is 2.72. The van der Waals surface area contributed by atoms with Crippen molar-refractivity contribution in [2.45, 2.75) is 56.4 Å². The maximum atomic E-state index is 14.1. The summed E-state index contributed by atoms with van der Waals surface area (Å²) in [6.45, 7) is 0.209. The van der Waals surface area contributed by atoms with Crippen LogP contribution in [0.4, 0.5) is 9.18 Å². The number of benzene rings is 2. The molecule has 2 fully saturated rings. The lowest BCUT2D eigenvalue weighted by Gasteiger charge is -2.51. The fourth-order valence-corrected chi connectivity index (χ4v) is 4.65. The predicted octanol–water partition coefficient (Wildman–Crippen LogP) is 4.24. The molecule has 2 heterocycles. The lowest BCUT2D eigenvalue weighted by molar-refractivity contribution is -0.0897. The van der Waals surface area contributed by atoms with Crippen LogP contribution < -0.4 is 0 Å². The van der Waals surface area contributed by atoms with Gasteiger partial charge in [-0.15, -0.1) is 0 Å². The van der Waals surface area contributed by atoms with Crippen LogP contribution in [0.2, 0.25) is 0 Å². The van der Waals surface area contributed by atoms with Gasteiger partial charge in [-0.05, 0) is 42.5 Å². The van der Waals surface area contributed by atoms with Crippen molar-refractivity contribution in [1.82, 2.24) is 4.90 Å². The second kappa shape index (κ2) is 7.84. The summed E-state index contributed by atoms with van der Waals surface area (Å²) in [5, 5.41) is 20.2. The normalized spacial score (nSPS) is 25.9. The highest BCUT2D eigenvalue weighted by atomic mass is 19.1. The zero-order chi connectivity index (χ0) is 20.4. The third-order valence-electron chi connectivity index (χ3n) is 6.05. The molecule has 0 saturated carbocycles. The SMILES string of the molecule is N#Cc1ccc(C2(O)CC3CCCC(C2)N3C(=O)OCc2ccccc2)cc1F. The number of nitrogens with zero attached hydrogens (tertiary/aromatic N) is 2. The molecule has 2 atom stereocenters. The van der Waals surface area contributed by atoms with Gasteiger partial charge in [-0.3, -0.25) is 0 Å². The Hall–Kier alpha value is -2.91. The monoisotopic (exact) mass is 394 g/mol. The minimum absolute atomic E-state index is 0.0422. The third-order valence-corrected chi connectivity index (χ3v) is 6.05. The van der Waals surface area contributed by atoms with E-state index in [0.29, 0.717) is 18.4 Å². The molecule has 0 spiro atoms. The minimum atomic E-state index is -1.22. The highest BCUT2D eigenvalue weighted by Crippen LogP contribution is 2.44. The molecule has 2 aliphatic rings. The Morgan fingerprint density at radius 2 is 1.90 bits per heavy atom. The summed E-state index contributed by atoms with van der Waals surface area (Å²) < 4.78 is 19.7. The standard InChI is InChI=1S/C23H23FN2O3/c24-21-11-18(10-9-17(21)14-25)23(28)12-19-7-4-8-20(13-23)26(19)22(27)29-15-16-5-2-1-3-6-16/h1-3,5-6,9-11,19-20,28H,4,7-8,12-13,15H2. The second-order valence-electron chi connectivity index (χ2n) is 7.93. The molecule has 4 rings (SSSR count). The summed E-state index contributed by atoms with van der Waals surface area (Å²) in [6, 6.07) is 15.3. The molecule has 2 aliphatic heterocycles. The van der Waals surface area contributed by atoms with Crippen molar-refractivity contribution >= 4 is 6.09 Å². The van der Waals surface area contributed by atoms with Gasteiger partial charge in [0.05, 0.1) is 11.2 Å². The number of fused-ring (bicyclic) bond motifs is 2. The minimum Gasteiger partial charge on any atom is -0.445 e. The van der Waals surface area contributed by atoms with E-state index in [2.05, 4.69) is 0 Å². The van der Waals surface area contributed by atoms with Crippen LogP contribution in [0.3, 0.4) is 0 Å². The summed E-state index contributed by atoms with van der Waals surface area (Å²) >= 11 is 0. The summed E-state index contributed by atoms with van der Waals surface area (Å²) in [5.41, 5.74) is 0.121. The van der Waals surface area contributed by atoms with Gasteiger partial charge < -0.3 is 14.7 Å². The molecule has 150 valence electrons. The third kappa shape index (κ3) is 3.83. The number of aliphatic hydroxyl groups is 1. The van der Waals surface area contributed by atoms with E-state index in [1.807, 2.05) is 30.3 Å². The van der Waals surface area contributed by atoms with Crippen molar-refractivity contribution in [3.05, 3.63) is 71.0 Å². The van der Waals surface area contributed by atoms with Crippen molar-refractivity contribution in [3.63, 3.8) is 0 Å². The molecule has 2 aromatic carbocycles. The highest BCUT2D eigenvalue weighted by Gasteiger charge is 2.48. The van der Waals surface area contributed by atoms with Gasteiger partial charge in [0.1, 0.15) is 18.5 Å². The number of carbonyl (C=O) groups excluding carboxylic acids is 1. The van der Waals surface area contributed by atoms with Crippen LogP contribution in [0.5, 0.6) is 0 Å². The Morgan fingerprint density at radius 1 is 1.21 bits per heavy atom. The molecule has 2 saturated heterocycles. The Kier molecular flexibility index (Phi) is 5.25. The van der Waals surface area contributed by atoms with Crippen LogP contribution in [0.25, 0.3) is 0 Å². The molecule has 6 heteroatoms. The van der Waals surface area contributed by atoms with Crippen LogP contribution in [0.1, 0.15) is 48.8 Å². The summed E-state index contributed by atoms with van der Waals surface area (Å²) in [4.78, 5) is 14.6. The van der Waals surface area contributed by atoms with Gasteiger partial charge >= 0.3 is 6.09 Å². The summed E-state index contributed by atoms with van der Waals surface area (Å²) in [6.07, 6.45) is 2.83. The van der Waals surface area contributed by atoms with E-state index >= 15 is 0 Å². The zero-order valence-corrected chi connectivity index (χ0v) is 16.1. The maximum absolute atomic E-state index is 14.1. The van der Waals surface area contributed by atoms with E-state index in [9.17, 15) is 14.3 Å². The number of rotatable bonds is 3. The van der Waals surface area contributed by atoms with Gasteiger partial charge in [0.15, 0.2) is 0 Å². The lowest BCUT2D eigenvalue weighted by atomic mass is 9.72. The molecular formula is C23H23FN2O3. The fourth-order valence-electron chi connectivity index (χ4n) is 4.65. The van der Waals surface area contributed by atoms with E-state index in [0.717, 1.165) is 24.8 Å². The number of hydrogen-bond donors (Lipinski definition) is 1. The van der Waals surface area contributed by atoms with E-state index in [1.165, 1.54) is 12.1 Å². The molecule has 2 bridgehead atoms. The van der Waals surface area contributed by atoms with E-state index in [1.54, 1.807) is 17.0 Å². The average molecular weight is 394 g/mol. The van der Waals surface area contributed by atoms with Gasteiger partial charge in [0.25, 0.3) is 0 Å². The van der Waals surface area contributed by atoms with Crippen LogP contribution in [-0.4, -0.2) is 28.2 Å². The largest absolute Gasteiger partial charge is 0.445 e. The van der Waals surface area contributed by atoms with E-state index in [-0.39, 0.29) is 30.3 Å². The topological polar surface area (TPSA) is 73.6 Å². The number of nitriles is 1. The van der Waals surface area contributed by atoms with Crippen LogP contribution in [0.15, 0.2) is 48.5 Å². The zero-order valence-electron chi connectivity index (χ0n) is 16.1. The number of hydrogen-bond acceptors (Lipinski definition) is 4. The molecule has 0 radical (unpaired) electrons. The Morgan fingerprint density at radius 3 is 2.52 bits per heavy atom. The molecule has 1 amide bonds. The number of amides is 1. The Balaban J connectivity index is 1.50. The Labute approximate surface area is 169 Å². The molecule has 2 unspecified atom stereocenters. The first kappa shape index (κ1) is 19.4. The molecule has 1 N–H and O–H groups in total. The first-order valence-electron chi connectivity index (χ1n) is 9.92. The smallest absolute Gasteiger partial charge is 0.410 e. The van der Waals surface area contributed by atoms with Crippen LogP contribution >= 0.6 is 0 Å². The number of carbonyl (C=O) groups is 1. The molecule has 29 heavy (non-hydrogen) atoms. The summed E-state index contributed by atoms with van der Waals surface area (Å²) in [5.74, 6) is -0.631. The van der Waals surface area contributed by atoms with Gasteiger partial charge in [-0.2, -0.15) is 5.26 Å². The van der Waals surface area contributed by atoms with Gasteiger partial charge in [0.2, 0.25) is 0 Å². The van der Waals surface area contributed by atoms with Gasteiger partial charge in [0, 0.05) is 24.9 Å². The van der Waals surface area contributed by atoms with Crippen molar-refractivity contribution < 1.29 is 19.0 Å². The lowest BCUT2D eigenvalue weighted by Crippen LogP contribution is -2.58. The molecule has 5 nitrogen and oxygen atoms in total. The maximum Gasteiger partial charge on any atom is 0.410 e. The van der Waals surface area contributed by atoms with Crippen LogP contribution in [0, 0.1) is 17.1 Å². The van der Waals surface area contributed by atoms with Gasteiger partial charge in [-0.1, -0.05) is 36.4 Å². The number of halogens is 1. The first-order chi connectivity index (χ1) is 14.0. The molecule has 0 aromatic heterocycles. The van der Waals surface area contributed by atoms with Crippen molar-refractivity contribution in [2.24, 2.45) is 0 Å². The second-order valence-corrected chi connectivity index (χ2v) is 7.93. The van der Waals surface area contributed by atoms with Crippen molar-refractivity contribution in [1.29, 1.82) is 5.26 Å². The Bertz CT molecular complexity index is 927. The first-order valence-corrected chi connectivity index (χ1v) is 9.92. The molecule has 2 aromatic rings. The summed E-state index contributed by atoms with van der Waals surface area (Å²) in [7, 11) is 0. The van der Waals surface area contributed by atoms with E-state index < -0.39 is 11.4 Å². The molecule has 0 aliphatic carbocycles. The van der Waals surface area contributed by atoms with Crippen molar-refractivity contribution in [3.8, 4) is 6.07 Å². The fraction of sp³-hybridized carbons (Fsp3) is 0.391. The predicted molar refractivity (Wildman–Crippen MR) is 104 cm³/mol. The van der Waals surface area contributed by atoms with E-state index in [4.69, 9.17) is 10.00 Å². The highest BCUT2D eigenvalue weighted by molar-refractivity contribution is 5.69. The van der Waals surface area contributed by atoms with Crippen LogP contribution in [-0.2, 0) is 16.9 Å². The number of piperidine rings is 2. The number of ether oxygens (including phenoxy) is 1.